The van der Waals surface area contributed by atoms with Gasteiger partial charge in [-0.3, -0.25) is 0 Å². The molecule has 1 aromatic carbocycles. The average molecular weight is 298 g/mol. The highest BCUT2D eigenvalue weighted by Gasteiger charge is 2.23. The summed E-state index contributed by atoms with van der Waals surface area (Å²) < 4.78 is 32.7. The molecule has 0 atom stereocenters. The molecular weight excluding hydrogens is 276 g/mol. The lowest BCUT2D eigenvalue weighted by atomic mass is 10.1. The summed E-state index contributed by atoms with van der Waals surface area (Å²) >= 11 is 0. The molecule has 0 bridgehead atoms. The molecule has 0 aliphatic carbocycles. The summed E-state index contributed by atoms with van der Waals surface area (Å²) in [7, 11) is 0.121. The fourth-order valence-corrected chi connectivity index (χ4v) is 3.70. The van der Waals surface area contributed by atoms with Crippen LogP contribution in [0.1, 0.15) is 18.4 Å². The van der Waals surface area contributed by atoms with Crippen LogP contribution in [0, 0.1) is 6.92 Å². The SMILES string of the molecule is COc1cc(S(=O)(=O)NC2CCN(C)CC2)ccc1C. The first kappa shape index (κ1) is 15.3. The van der Waals surface area contributed by atoms with Gasteiger partial charge in [-0.15, -0.1) is 0 Å². The second kappa shape index (κ2) is 6.11. The van der Waals surface area contributed by atoms with Gasteiger partial charge in [0.25, 0.3) is 0 Å². The number of sulfonamides is 1. The topological polar surface area (TPSA) is 58.6 Å². The Balaban J connectivity index is 2.14. The van der Waals surface area contributed by atoms with Gasteiger partial charge in [0.2, 0.25) is 10.0 Å². The minimum atomic E-state index is -3.48. The number of ether oxygens (including phenoxy) is 1. The van der Waals surface area contributed by atoms with Crippen LogP contribution in [0.25, 0.3) is 0 Å². The normalized spacial score (nSPS) is 18.1. The summed E-state index contributed by atoms with van der Waals surface area (Å²) in [5.41, 5.74) is 0.922. The molecule has 1 aliphatic rings. The standard InChI is InChI=1S/C14H22N2O3S/c1-11-4-5-13(10-14(11)19-3)20(17,18)15-12-6-8-16(2)9-7-12/h4-5,10,12,15H,6-9H2,1-3H3. The van der Waals surface area contributed by atoms with Crippen molar-refractivity contribution in [2.45, 2.75) is 30.7 Å². The van der Waals surface area contributed by atoms with Gasteiger partial charge in [0.05, 0.1) is 12.0 Å². The number of rotatable bonds is 4. The number of hydrogen-bond donors (Lipinski definition) is 1. The van der Waals surface area contributed by atoms with E-state index in [9.17, 15) is 8.42 Å². The lowest BCUT2D eigenvalue weighted by Gasteiger charge is -2.29. The molecule has 0 saturated carbocycles. The highest BCUT2D eigenvalue weighted by atomic mass is 32.2. The molecule has 0 aromatic heterocycles. The predicted octanol–water partition coefficient (Wildman–Crippen LogP) is 1.38. The zero-order valence-electron chi connectivity index (χ0n) is 12.2. The molecule has 0 unspecified atom stereocenters. The molecule has 0 spiro atoms. The van der Waals surface area contributed by atoms with E-state index < -0.39 is 10.0 Å². The zero-order valence-corrected chi connectivity index (χ0v) is 13.0. The number of nitrogens with one attached hydrogen (secondary N) is 1. The Morgan fingerprint density at radius 2 is 1.95 bits per heavy atom. The molecule has 112 valence electrons. The molecule has 0 amide bonds. The van der Waals surface area contributed by atoms with Crippen molar-refractivity contribution in [3.05, 3.63) is 23.8 Å². The summed E-state index contributed by atoms with van der Waals surface area (Å²) in [6, 6.07) is 4.98. The smallest absolute Gasteiger partial charge is 0.240 e. The molecule has 5 nitrogen and oxygen atoms in total. The molecule has 6 heteroatoms. The van der Waals surface area contributed by atoms with Crippen LogP contribution >= 0.6 is 0 Å². The molecule has 1 fully saturated rings. The van der Waals surface area contributed by atoms with Gasteiger partial charge in [0.1, 0.15) is 5.75 Å². The van der Waals surface area contributed by atoms with Crippen LogP contribution in [0.15, 0.2) is 23.1 Å². The van der Waals surface area contributed by atoms with E-state index in [0.717, 1.165) is 31.5 Å². The molecule has 2 rings (SSSR count). The van der Waals surface area contributed by atoms with Gasteiger partial charge in [-0.1, -0.05) is 6.07 Å². The lowest BCUT2D eigenvalue weighted by Crippen LogP contribution is -2.43. The van der Waals surface area contributed by atoms with Gasteiger partial charge in [0.15, 0.2) is 0 Å². The van der Waals surface area contributed by atoms with E-state index >= 15 is 0 Å². The monoisotopic (exact) mass is 298 g/mol. The summed E-state index contributed by atoms with van der Waals surface area (Å²) in [6.07, 6.45) is 1.69. The maximum absolute atomic E-state index is 12.4. The van der Waals surface area contributed by atoms with Crippen LogP contribution in [0.5, 0.6) is 5.75 Å². The van der Waals surface area contributed by atoms with Crippen molar-refractivity contribution in [3.8, 4) is 5.75 Å². The van der Waals surface area contributed by atoms with E-state index in [2.05, 4.69) is 16.7 Å². The third-order valence-electron chi connectivity index (χ3n) is 3.73. The first-order valence-electron chi connectivity index (χ1n) is 6.78. The van der Waals surface area contributed by atoms with Gasteiger partial charge in [-0.2, -0.15) is 0 Å². The van der Waals surface area contributed by atoms with Gasteiger partial charge < -0.3 is 9.64 Å². The van der Waals surface area contributed by atoms with Gasteiger partial charge in [-0.25, -0.2) is 13.1 Å². The Labute approximate surface area is 121 Å². The number of aryl methyl sites for hydroxylation is 1. The van der Waals surface area contributed by atoms with Crippen molar-refractivity contribution < 1.29 is 13.2 Å². The summed E-state index contributed by atoms with van der Waals surface area (Å²) in [5, 5.41) is 0. The van der Waals surface area contributed by atoms with Crippen LogP contribution in [-0.4, -0.2) is 46.6 Å². The Kier molecular flexibility index (Phi) is 4.67. The van der Waals surface area contributed by atoms with E-state index in [1.54, 1.807) is 25.3 Å². The summed E-state index contributed by atoms with van der Waals surface area (Å²) in [6.45, 7) is 3.73. The van der Waals surface area contributed by atoms with E-state index in [1.807, 2.05) is 6.92 Å². The number of likely N-dealkylation sites (tertiary alicyclic amines) is 1. The Hall–Kier alpha value is -1.11. The van der Waals surface area contributed by atoms with E-state index in [1.165, 1.54) is 0 Å². The molecule has 0 radical (unpaired) electrons. The largest absolute Gasteiger partial charge is 0.496 e. The van der Waals surface area contributed by atoms with Gasteiger partial charge >= 0.3 is 0 Å². The van der Waals surface area contributed by atoms with Crippen LogP contribution in [0.4, 0.5) is 0 Å². The minimum absolute atomic E-state index is 0.0171. The number of hydrogen-bond acceptors (Lipinski definition) is 4. The Morgan fingerprint density at radius 1 is 1.30 bits per heavy atom. The Bertz CT molecular complexity index is 564. The fourth-order valence-electron chi connectivity index (χ4n) is 2.38. The fraction of sp³-hybridized carbons (Fsp3) is 0.571. The average Bonchev–Trinajstić information content (AvgIpc) is 2.41. The van der Waals surface area contributed by atoms with Crippen LogP contribution in [0.2, 0.25) is 0 Å². The van der Waals surface area contributed by atoms with E-state index in [-0.39, 0.29) is 10.9 Å². The van der Waals surface area contributed by atoms with Gasteiger partial charge in [-0.05, 0) is 51.5 Å². The second-order valence-electron chi connectivity index (χ2n) is 5.33. The maximum Gasteiger partial charge on any atom is 0.240 e. The Morgan fingerprint density at radius 3 is 2.55 bits per heavy atom. The number of nitrogens with zero attached hydrogens (tertiary/aromatic N) is 1. The molecule has 1 aliphatic heterocycles. The van der Waals surface area contributed by atoms with Crippen molar-refractivity contribution in [3.63, 3.8) is 0 Å². The van der Waals surface area contributed by atoms with Crippen LogP contribution in [-0.2, 0) is 10.0 Å². The van der Waals surface area contributed by atoms with E-state index in [0.29, 0.717) is 5.75 Å². The third kappa shape index (κ3) is 3.50. The molecule has 1 saturated heterocycles. The first-order valence-corrected chi connectivity index (χ1v) is 8.26. The van der Waals surface area contributed by atoms with Crippen molar-refractivity contribution in [1.29, 1.82) is 0 Å². The van der Waals surface area contributed by atoms with E-state index in [4.69, 9.17) is 4.74 Å². The molecule has 20 heavy (non-hydrogen) atoms. The first-order chi connectivity index (χ1) is 9.42. The van der Waals surface area contributed by atoms with Crippen LogP contribution in [0.3, 0.4) is 0 Å². The van der Waals surface area contributed by atoms with Crippen LogP contribution < -0.4 is 9.46 Å². The van der Waals surface area contributed by atoms with Crippen molar-refractivity contribution in [1.82, 2.24) is 9.62 Å². The zero-order chi connectivity index (χ0) is 14.8. The predicted molar refractivity (Wildman–Crippen MR) is 78.6 cm³/mol. The highest BCUT2D eigenvalue weighted by molar-refractivity contribution is 7.89. The van der Waals surface area contributed by atoms with Crippen molar-refractivity contribution in [2.75, 3.05) is 27.2 Å². The second-order valence-corrected chi connectivity index (χ2v) is 7.04. The molecule has 1 N–H and O–H groups in total. The number of piperidine rings is 1. The molecular formula is C14H22N2O3S. The third-order valence-corrected chi connectivity index (χ3v) is 5.25. The number of methoxy groups -OCH3 is 1. The lowest BCUT2D eigenvalue weighted by molar-refractivity contribution is 0.248. The molecule has 1 heterocycles. The van der Waals surface area contributed by atoms with Crippen molar-refractivity contribution >= 4 is 10.0 Å². The maximum atomic E-state index is 12.4. The quantitative estimate of drug-likeness (QED) is 0.912. The molecule has 1 aromatic rings. The summed E-state index contributed by atoms with van der Waals surface area (Å²) in [4.78, 5) is 2.47. The van der Waals surface area contributed by atoms with Crippen molar-refractivity contribution in [2.24, 2.45) is 0 Å². The number of benzene rings is 1. The minimum Gasteiger partial charge on any atom is -0.496 e. The summed E-state index contributed by atoms with van der Waals surface area (Å²) in [5.74, 6) is 0.594. The van der Waals surface area contributed by atoms with Gasteiger partial charge in [0, 0.05) is 12.1 Å². The highest BCUT2D eigenvalue weighted by Crippen LogP contribution is 2.22.